The fourth-order valence-electron chi connectivity index (χ4n) is 2.05. The van der Waals surface area contributed by atoms with Crippen LogP contribution in [-0.2, 0) is 9.59 Å². The average molecular weight is 402 g/mol. The number of halogens is 1. The number of rotatable bonds is 7. The number of nitriles is 1. The van der Waals surface area contributed by atoms with Crippen molar-refractivity contribution in [3.8, 4) is 11.8 Å². The Morgan fingerprint density at radius 3 is 2.54 bits per heavy atom. The molecule has 0 radical (unpaired) electrons. The van der Waals surface area contributed by atoms with Gasteiger partial charge in [-0.3, -0.25) is 14.9 Å². The molecule has 0 aromatic heterocycles. The molecule has 0 fully saturated rings. The van der Waals surface area contributed by atoms with E-state index in [0.29, 0.717) is 11.3 Å². The van der Waals surface area contributed by atoms with Gasteiger partial charge >= 0.3 is 5.97 Å². The van der Waals surface area contributed by atoms with Crippen LogP contribution in [-0.4, -0.2) is 28.5 Å². The SMILES string of the molecule is N#CC(=Cc1ccc(OCC(=O)O)cc1)C(=O)Nc1ccc(Cl)c([N+](=O)[O-])c1. The molecule has 142 valence electrons. The second kappa shape index (κ2) is 9.16. The molecule has 9 nitrogen and oxygen atoms in total. The van der Waals surface area contributed by atoms with Gasteiger partial charge in [0.05, 0.1) is 4.92 Å². The highest BCUT2D eigenvalue weighted by Crippen LogP contribution is 2.27. The van der Waals surface area contributed by atoms with E-state index in [0.717, 1.165) is 6.07 Å². The molecular formula is C18H12ClN3O6. The van der Waals surface area contributed by atoms with Gasteiger partial charge in [0, 0.05) is 11.8 Å². The zero-order valence-corrected chi connectivity index (χ0v) is 14.8. The van der Waals surface area contributed by atoms with Gasteiger partial charge in [-0.2, -0.15) is 5.26 Å². The van der Waals surface area contributed by atoms with Crippen LogP contribution in [0.1, 0.15) is 5.56 Å². The van der Waals surface area contributed by atoms with Crippen molar-refractivity contribution >= 4 is 40.9 Å². The van der Waals surface area contributed by atoms with Crippen molar-refractivity contribution in [3.05, 3.63) is 68.7 Å². The van der Waals surface area contributed by atoms with Crippen LogP contribution in [0, 0.1) is 21.4 Å². The number of hydrogen-bond acceptors (Lipinski definition) is 6. The van der Waals surface area contributed by atoms with Crippen molar-refractivity contribution in [1.82, 2.24) is 0 Å². The highest BCUT2D eigenvalue weighted by molar-refractivity contribution is 6.32. The van der Waals surface area contributed by atoms with E-state index in [9.17, 15) is 25.0 Å². The topological polar surface area (TPSA) is 143 Å². The first-order valence-corrected chi connectivity index (χ1v) is 7.99. The molecule has 0 atom stereocenters. The van der Waals surface area contributed by atoms with Crippen LogP contribution in [0.3, 0.4) is 0 Å². The van der Waals surface area contributed by atoms with Gasteiger partial charge in [-0.15, -0.1) is 0 Å². The number of carboxylic acids is 1. The van der Waals surface area contributed by atoms with Crippen LogP contribution < -0.4 is 10.1 Å². The minimum Gasteiger partial charge on any atom is -0.482 e. The van der Waals surface area contributed by atoms with Crippen molar-refractivity contribution in [2.24, 2.45) is 0 Å². The summed E-state index contributed by atoms with van der Waals surface area (Å²) in [5, 5.41) is 31.0. The van der Waals surface area contributed by atoms with E-state index < -0.39 is 23.4 Å². The number of amides is 1. The number of carbonyl (C=O) groups excluding carboxylic acids is 1. The molecule has 2 rings (SSSR count). The zero-order chi connectivity index (χ0) is 20.7. The minimum atomic E-state index is -1.12. The number of ether oxygens (including phenoxy) is 1. The number of nitro groups is 1. The lowest BCUT2D eigenvalue weighted by molar-refractivity contribution is -0.384. The third-order valence-corrected chi connectivity index (χ3v) is 3.64. The predicted octanol–water partition coefficient (Wildman–Crippen LogP) is 3.26. The maximum atomic E-state index is 12.3. The van der Waals surface area contributed by atoms with Crippen molar-refractivity contribution in [2.75, 3.05) is 11.9 Å². The van der Waals surface area contributed by atoms with Gasteiger partial charge in [-0.05, 0) is 35.9 Å². The summed E-state index contributed by atoms with van der Waals surface area (Å²) in [5.74, 6) is -1.56. The lowest BCUT2D eigenvalue weighted by Gasteiger charge is -2.06. The molecule has 0 unspecified atom stereocenters. The second-order valence-electron chi connectivity index (χ2n) is 5.30. The number of benzene rings is 2. The zero-order valence-electron chi connectivity index (χ0n) is 14.1. The monoisotopic (exact) mass is 401 g/mol. The first-order chi connectivity index (χ1) is 13.3. The van der Waals surface area contributed by atoms with Crippen molar-refractivity contribution < 1.29 is 24.4 Å². The maximum Gasteiger partial charge on any atom is 0.341 e. The first kappa shape index (κ1) is 20.4. The van der Waals surface area contributed by atoms with Crippen molar-refractivity contribution in [1.29, 1.82) is 5.26 Å². The predicted molar refractivity (Wildman–Crippen MR) is 99.9 cm³/mol. The Labute approximate surface area is 163 Å². The summed E-state index contributed by atoms with van der Waals surface area (Å²) < 4.78 is 4.99. The Morgan fingerprint density at radius 2 is 1.96 bits per heavy atom. The summed E-state index contributed by atoms with van der Waals surface area (Å²) in [6, 6.07) is 11.5. The number of aliphatic carboxylic acids is 1. The Balaban J connectivity index is 2.15. The lowest BCUT2D eigenvalue weighted by atomic mass is 10.1. The van der Waals surface area contributed by atoms with Gasteiger partial charge in [0.15, 0.2) is 6.61 Å². The third kappa shape index (κ3) is 5.55. The van der Waals surface area contributed by atoms with Crippen molar-refractivity contribution in [2.45, 2.75) is 0 Å². The second-order valence-corrected chi connectivity index (χ2v) is 5.71. The summed E-state index contributed by atoms with van der Waals surface area (Å²) in [6.45, 7) is -0.492. The molecule has 0 saturated heterocycles. The molecule has 0 aliphatic heterocycles. The molecule has 1 amide bonds. The van der Waals surface area contributed by atoms with E-state index in [1.54, 1.807) is 6.07 Å². The molecule has 28 heavy (non-hydrogen) atoms. The molecule has 0 saturated carbocycles. The van der Waals surface area contributed by atoms with Crippen LogP contribution in [0.15, 0.2) is 48.0 Å². The molecule has 0 spiro atoms. The molecular weight excluding hydrogens is 390 g/mol. The van der Waals surface area contributed by atoms with E-state index in [1.165, 1.54) is 42.5 Å². The molecule has 0 bridgehead atoms. The molecule has 0 aliphatic rings. The van der Waals surface area contributed by atoms with Crippen LogP contribution in [0.25, 0.3) is 6.08 Å². The van der Waals surface area contributed by atoms with E-state index in [-0.39, 0.29) is 22.0 Å². The molecule has 10 heteroatoms. The van der Waals surface area contributed by atoms with Gasteiger partial charge in [0.2, 0.25) is 0 Å². The lowest BCUT2D eigenvalue weighted by Crippen LogP contribution is -2.13. The maximum absolute atomic E-state index is 12.3. The van der Waals surface area contributed by atoms with E-state index in [2.05, 4.69) is 5.32 Å². The molecule has 0 heterocycles. The van der Waals surface area contributed by atoms with Crippen LogP contribution >= 0.6 is 11.6 Å². The van der Waals surface area contributed by atoms with Crippen LogP contribution in [0.2, 0.25) is 5.02 Å². The number of nitrogens with zero attached hydrogens (tertiary/aromatic N) is 2. The Kier molecular flexibility index (Phi) is 6.68. The number of anilines is 1. The van der Waals surface area contributed by atoms with Crippen molar-refractivity contribution in [3.63, 3.8) is 0 Å². The van der Waals surface area contributed by atoms with Gasteiger partial charge in [-0.25, -0.2) is 4.79 Å². The Hall–Kier alpha value is -3.90. The third-order valence-electron chi connectivity index (χ3n) is 3.32. The molecule has 2 N–H and O–H groups in total. The number of carboxylic acid groups (broad SMARTS) is 1. The van der Waals surface area contributed by atoms with E-state index in [1.807, 2.05) is 0 Å². The summed E-state index contributed by atoms with van der Waals surface area (Å²) in [6.07, 6.45) is 1.31. The fourth-order valence-corrected chi connectivity index (χ4v) is 2.24. The summed E-state index contributed by atoms with van der Waals surface area (Å²) in [7, 11) is 0. The molecule has 2 aromatic carbocycles. The number of nitro benzene ring substituents is 1. The molecule has 0 aliphatic carbocycles. The first-order valence-electron chi connectivity index (χ1n) is 7.62. The van der Waals surface area contributed by atoms with Gasteiger partial charge in [-0.1, -0.05) is 23.7 Å². The Morgan fingerprint density at radius 1 is 1.29 bits per heavy atom. The van der Waals surface area contributed by atoms with Gasteiger partial charge in [0.25, 0.3) is 11.6 Å². The average Bonchev–Trinajstić information content (AvgIpc) is 2.66. The number of hydrogen-bond donors (Lipinski definition) is 2. The highest BCUT2D eigenvalue weighted by Gasteiger charge is 2.15. The van der Waals surface area contributed by atoms with Gasteiger partial charge < -0.3 is 15.2 Å². The minimum absolute atomic E-state index is 0.0794. The van der Waals surface area contributed by atoms with E-state index >= 15 is 0 Å². The summed E-state index contributed by atoms with van der Waals surface area (Å²) >= 11 is 5.72. The van der Waals surface area contributed by atoms with Crippen LogP contribution in [0.4, 0.5) is 11.4 Å². The van der Waals surface area contributed by atoms with Crippen LogP contribution in [0.5, 0.6) is 5.75 Å². The quantitative estimate of drug-likeness (QED) is 0.313. The fraction of sp³-hybridized carbons (Fsp3) is 0.0556. The summed E-state index contributed by atoms with van der Waals surface area (Å²) in [5.41, 5.74) is -0.00755. The molecule has 2 aromatic rings. The summed E-state index contributed by atoms with van der Waals surface area (Å²) in [4.78, 5) is 32.9. The number of nitrogens with one attached hydrogen (secondary N) is 1. The van der Waals surface area contributed by atoms with Gasteiger partial charge in [0.1, 0.15) is 22.4 Å². The van der Waals surface area contributed by atoms with E-state index in [4.69, 9.17) is 21.4 Å². The smallest absolute Gasteiger partial charge is 0.341 e. The normalized spacial score (nSPS) is 10.6. The highest BCUT2D eigenvalue weighted by atomic mass is 35.5. The standard InChI is InChI=1S/C18H12ClN3O6/c19-15-6-3-13(8-16(15)22(26)27)21-18(25)12(9-20)7-11-1-4-14(5-2-11)28-10-17(23)24/h1-8H,10H2,(H,21,25)(H,23,24). The largest absolute Gasteiger partial charge is 0.482 e. The Bertz CT molecular complexity index is 995. The number of carbonyl (C=O) groups is 2.